The average molecular weight is 666 g/mol. The van der Waals surface area contributed by atoms with E-state index in [1.54, 1.807) is 18.3 Å². The fourth-order valence-corrected chi connectivity index (χ4v) is 7.46. The van der Waals surface area contributed by atoms with Crippen molar-refractivity contribution in [2.24, 2.45) is 7.05 Å². The topological polar surface area (TPSA) is 96.9 Å². The number of furan rings is 1. The second-order valence-electron chi connectivity index (χ2n) is 12.7. The standard InChI is InChI=1S/C34H40ClN3O5SSi/c1-37(19-27(39)29-16-23-8-6-7-9-28(23)43-29)20-30-26(21-42-14-15-45(3,4)5)31-33(44-30)32(40)25(18-38(31)2)34(41)36-17-22-10-12-24(35)13-11-22/h6-13,16,18,27,39H,14-15,17,19-21H2,1-5H3,(H,36,41). The Balaban J connectivity index is 1.40. The Morgan fingerprint density at radius 1 is 1.18 bits per heavy atom. The zero-order valence-corrected chi connectivity index (χ0v) is 28.9. The number of hydrogen-bond acceptors (Lipinski definition) is 7. The molecule has 11 heteroatoms. The van der Waals surface area contributed by atoms with Crippen LogP contribution in [0.25, 0.3) is 21.2 Å². The maximum atomic E-state index is 13.8. The molecule has 3 heterocycles. The summed E-state index contributed by atoms with van der Waals surface area (Å²) in [5.41, 5.74) is 3.11. The van der Waals surface area contributed by atoms with Crippen LogP contribution < -0.4 is 10.7 Å². The van der Waals surface area contributed by atoms with Crippen LogP contribution in [-0.4, -0.2) is 48.8 Å². The minimum absolute atomic E-state index is 0.0895. The fourth-order valence-electron chi connectivity index (χ4n) is 5.20. The molecule has 5 rings (SSSR count). The summed E-state index contributed by atoms with van der Waals surface area (Å²) in [5, 5.41) is 15.4. The zero-order chi connectivity index (χ0) is 32.3. The van der Waals surface area contributed by atoms with Crippen molar-refractivity contribution < 1.29 is 19.1 Å². The van der Waals surface area contributed by atoms with E-state index in [0.717, 1.165) is 38.5 Å². The average Bonchev–Trinajstić information content (AvgIpc) is 3.58. The van der Waals surface area contributed by atoms with Crippen LogP contribution in [0.3, 0.4) is 0 Å². The zero-order valence-electron chi connectivity index (χ0n) is 26.4. The fraction of sp³-hybridized carbons (Fsp3) is 0.353. The largest absolute Gasteiger partial charge is 0.458 e. The van der Waals surface area contributed by atoms with Crippen molar-refractivity contribution in [2.45, 2.75) is 51.5 Å². The van der Waals surface area contributed by atoms with Crippen LogP contribution in [-0.2, 0) is 31.5 Å². The number of carbonyl (C=O) groups is 1. The number of fused-ring (bicyclic) bond motifs is 2. The van der Waals surface area contributed by atoms with Crippen molar-refractivity contribution in [3.63, 3.8) is 0 Å². The lowest BCUT2D eigenvalue weighted by Gasteiger charge is -2.20. The maximum Gasteiger partial charge on any atom is 0.257 e. The lowest BCUT2D eigenvalue weighted by atomic mass is 10.1. The lowest BCUT2D eigenvalue weighted by Crippen LogP contribution is -2.29. The number of carbonyl (C=O) groups excluding carboxylic acids is 1. The number of thiophene rings is 1. The van der Waals surface area contributed by atoms with E-state index >= 15 is 0 Å². The molecule has 238 valence electrons. The first-order valence-corrected chi connectivity index (χ1v) is 19.9. The highest BCUT2D eigenvalue weighted by Crippen LogP contribution is 2.32. The van der Waals surface area contributed by atoms with E-state index in [0.29, 0.717) is 41.8 Å². The minimum Gasteiger partial charge on any atom is -0.458 e. The summed E-state index contributed by atoms with van der Waals surface area (Å²) < 4.78 is 14.4. The number of halogens is 1. The monoisotopic (exact) mass is 665 g/mol. The van der Waals surface area contributed by atoms with Crippen molar-refractivity contribution in [2.75, 3.05) is 20.2 Å². The van der Waals surface area contributed by atoms with Crippen molar-refractivity contribution in [1.82, 2.24) is 14.8 Å². The molecule has 2 aromatic carbocycles. The molecule has 3 aromatic heterocycles. The number of benzene rings is 2. The Morgan fingerprint density at radius 3 is 2.62 bits per heavy atom. The van der Waals surface area contributed by atoms with Gasteiger partial charge in [0.15, 0.2) is 0 Å². The molecule has 2 N–H and O–H groups in total. The van der Waals surface area contributed by atoms with Crippen molar-refractivity contribution in [1.29, 1.82) is 0 Å². The van der Waals surface area contributed by atoms with Crippen LogP contribution in [0.1, 0.15) is 38.2 Å². The molecule has 1 amide bonds. The highest BCUT2D eigenvalue weighted by atomic mass is 35.5. The molecular formula is C34H40ClN3O5SSi. The van der Waals surface area contributed by atoms with Gasteiger partial charge >= 0.3 is 0 Å². The van der Waals surface area contributed by atoms with E-state index in [1.165, 1.54) is 11.3 Å². The minimum atomic E-state index is -1.28. The van der Waals surface area contributed by atoms with Crippen LogP contribution in [0.2, 0.25) is 30.7 Å². The highest BCUT2D eigenvalue weighted by Gasteiger charge is 2.24. The van der Waals surface area contributed by atoms with Gasteiger partial charge in [0.1, 0.15) is 23.0 Å². The molecule has 45 heavy (non-hydrogen) atoms. The number of hydrogen-bond donors (Lipinski definition) is 2. The van der Waals surface area contributed by atoms with Gasteiger partial charge in [-0.25, -0.2) is 0 Å². The van der Waals surface area contributed by atoms with Crippen LogP contribution in [0, 0.1) is 0 Å². The van der Waals surface area contributed by atoms with Crippen LogP contribution in [0.4, 0.5) is 0 Å². The van der Waals surface area contributed by atoms with E-state index in [9.17, 15) is 14.7 Å². The molecule has 0 aliphatic carbocycles. The van der Waals surface area contributed by atoms with Gasteiger partial charge < -0.3 is 24.1 Å². The Bertz CT molecular complexity index is 1830. The molecule has 0 bridgehead atoms. The van der Waals surface area contributed by atoms with Crippen molar-refractivity contribution in [3.8, 4) is 0 Å². The van der Waals surface area contributed by atoms with Crippen LogP contribution >= 0.6 is 22.9 Å². The highest BCUT2D eigenvalue weighted by molar-refractivity contribution is 7.19. The molecule has 0 spiro atoms. The first-order chi connectivity index (χ1) is 21.4. The second kappa shape index (κ2) is 14.0. The Labute approximate surface area is 273 Å². The number of rotatable bonds is 13. The number of ether oxygens (including phenoxy) is 1. The van der Waals surface area contributed by atoms with E-state index < -0.39 is 20.1 Å². The predicted molar refractivity (Wildman–Crippen MR) is 185 cm³/mol. The SMILES string of the molecule is CN(Cc1sc2c(=O)c(C(=O)NCc3ccc(Cl)cc3)cn(C)c2c1COCC[Si](C)(C)C)CC(O)c1cc2ccccc2o1. The Hall–Kier alpha value is -3.25. The summed E-state index contributed by atoms with van der Waals surface area (Å²) >= 11 is 7.37. The molecular weight excluding hydrogens is 626 g/mol. The molecule has 0 saturated heterocycles. The van der Waals surface area contributed by atoms with Gasteiger partial charge in [0.05, 0.1) is 16.8 Å². The molecule has 5 aromatic rings. The number of aliphatic hydroxyl groups is 1. The number of aliphatic hydroxyl groups excluding tert-OH is 1. The summed E-state index contributed by atoms with van der Waals surface area (Å²) in [6, 6.07) is 17.8. The number of nitrogens with zero attached hydrogens (tertiary/aromatic N) is 2. The third-order valence-corrected chi connectivity index (χ3v) is 10.9. The molecule has 0 aliphatic heterocycles. The maximum absolute atomic E-state index is 13.8. The van der Waals surface area contributed by atoms with E-state index in [2.05, 4.69) is 25.0 Å². The summed E-state index contributed by atoms with van der Waals surface area (Å²) in [4.78, 5) is 29.9. The number of likely N-dealkylation sites (N-methyl/N-ethyl adjacent to an activating group) is 1. The second-order valence-corrected chi connectivity index (χ2v) is 19.9. The molecule has 1 unspecified atom stereocenters. The summed E-state index contributed by atoms with van der Waals surface area (Å²) in [5.74, 6) is 0.0817. The molecule has 1 atom stereocenters. The molecule has 0 saturated carbocycles. The van der Waals surface area contributed by atoms with Gasteiger partial charge in [-0.2, -0.15) is 0 Å². The number of para-hydroxylation sites is 1. The van der Waals surface area contributed by atoms with Crippen LogP contribution in [0.15, 0.2) is 70.0 Å². The summed E-state index contributed by atoms with van der Waals surface area (Å²) in [6.07, 6.45) is 0.786. The van der Waals surface area contributed by atoms with Crippen LogP contribution in [0.5, 0.6) is 0 Å². The Morgan fingerprint density at radius 2 is 1.91 bits per heavy atom. The summed E-state index contributed by atoms with van der Waals surface area (Å²) in [7, 11) is 2.50. The van der Waals surface area contributed by atoms with Crippen molar-refractivity contribution >= 4 is 58.1 Å². The van der Waals surface area contributed by atoms with Gasteiger partial charge in [0, 0.05) is 68.4 Å². The predicted octanol–water partition coefficient (Wildman–Crippen LogP) is 6.95. The molecule has 0 aliphatic rings. The Kier molecular flexibility index (Phi) is 10.3. The third kappa shape index (κ3) is 8.13. The van der Waals surface area contributed by atoms with Crippen molar-refractivity contribution in [3.05, 3.63) is 103 Å². The number of aryl methyl sites for hydroxylation is 1. The van der Waals surface area contributed by atoms with Gasteiger partial charge in [0.2, 0.25) is 5.43 Å². The normalized spacial score (nSPS) is 12.8. The first kappa shape index (κ1) is 33.1. The molecule has 0 fully saturated rings. The van der Waals surface area contributed by atoms with E-state index in [-0.39, 0.29) is 17.5 Å². The number of pyridine rings is 1. The number of amides is 1. The van der Waals surface area contributed by atoms with Gasteiger partial charge in [-0.3, -0.25) is 14.5 Å². The van der Waals surface area contributed by atoms with E-state index in [1.807, 2.05) is 66.0 Å². The first-order valence-electron chi connectivity index (χ1n) is 15.0. The number of aromatic nitrogens is 1. The van der Waals surface area contributed by atoms with E-state index in [4.69, 9.17) is 20.8 Å². The molecule has 0 radical (unpaired) electrons. The lowest BCUT2D eigenvalue weighted by molar-refractivity contribution is 0.0949. The summed E-state index contributed by atoms with van der Waals surface area (Å²) in [6.45, 7) is 9.04. The van der Waals surface area contributed by atoms with Gasteiger partial charge in [-0.05, 0) is 42.9 Å². The van der Waals surface area contributed by atoms with Gasteiger partial charge in [-0.1, -0.05) is 61.6 Å². The van der Waals surface area contributed by atoms with Gasteiger partial charge in [0.25, 0.3) is 5.91 Å². The smallest absolute Gasteiger partial charge is 0.257 e. The number of nitrogens with one attached hydrogen (secondary N) is 1. The van der Waals surface area contributed by atoms with Gasteiger partial charge in [-0.15, -0.1) is 11.3 Å². The third-order valence-electron chi connectivity index (χ3n) is 7.71. The quantitative estimate of drug-likeness (QED) is 0.104. The molecule has 8 nitrogen and oxygen atoms in total.